The van der Waals surface area contributed by atoms with Crippen molar-refractivity contribution in [2.24, 2.45) is 4.99 Å². The van der Waals surface area contributed by atoms with E-state index in [4.69, 9.17) is 9.47 Å². The number of guanidine groups is 1. The molecule has 3 heterocycles. The molecule has 30 heavy (non-hydrogen) atoms. The number of pyridine rings is 1. The number of halogens is 1. The molecule has 0 atom stereocenters. The average Bonchev–Trinajstić information content (AvgIpc) is 3.39. The van der Waals surface area contributed by atoms with Gasteiger partial charge in [-0.15, -0.1) is 24.0 Å². The molecule has 4 rings (SSSR count). The number of aliphatic imine (C=N–C) groups is 1. The van der Waals surface area contributed by atoms with Gasteiger partial charge < -0.3 is 20.1 Å². The van der Waals surface area contributed by atoms with E-state index < -0.39 is 0 Å². The SMILES string of the molecule is CCNC(=NCc1ccc(-n2ccnc2C)nc1)NCc1ccc2c(c1)OCO2.I. The summed E-state index contributed by atoms with van der Waals surface area (Å²) in [6, 6.07) is 9.95. The highest BCUT2D eigenvalue weighted by atomic mass is 127. The lowest BCUT2D eigenvalue weighted by molar-refractivity contribution is 0.174. The van der Waals surface area contributed by atoms with Crippen molar-refractivity contribution in [3.8, 4) is 17.3 Å². The fraction of sp³-hybridized carbons (Fsp3) is 0.286. The predicted octanol–water partition coefficient (Wildman–Crippen LogP) is 3.18. The van der Waals surface area contributed by atoms with Crippen molar-refractivity contribution in [1.82, 2.24) is 25.2 Å². The van der Waals surface area contributed by atoms with Crippen molar-refractivity contribution in [3.63, 3.8) is 0 Å². The highest BCUT2D eigenvalue weighted by Gasteiger charge is 2.13. The van der Waals surface area contributed by atoms with Crippen LogP contribution in [0, 0.1) is 6.92 Å². The van der Waals surface area contributed by atoms with Gasteiger partial charge >= 0.3 is 0 Å². The zero-order chi connectivity index (χ0) is 20.1. The van der Waals surface area contributed by atoms with Gasteiger partial charge in [0.1, 0.15) is 11.6 Å². The lowest BCUT2D eigenvalue weighted by Crippen LogP contribution is -2.36. The molecule has 3 aromatic rings. The minimum Gasteiger partial charge on any atom is -0.454 e. The molecule has 0 saturated heterocycles. The van der Waals surface area contributed by atoms with Crippen LogP contribution in [0.4, 0.5) is 0 Å². The summed E-state index contributed by atoms with van der Waals surface area (Å²) in [5, 5.41) is 6.62. The minimum atomic E-state index is 0. The monoisotopic (exact) mass is 520 g/mol. The van der Waals surface area contributed by atoms with E-state index in [1.807, 2.05) is 61.1 Å². The first-order chi connectivity index (χ1) is 14.2. The fourth-order valence-electron chi connectivity index (χ4n) is 3.02. The summed E-state index contributed by atoms with van der Waals surface area (Å²) in [5.41, 5.74) is 2.13. The Balaban J connectivity index is 0.00000256. The van der Waals surface area contributed by atoms with Crippen LogP contribution < -0.4 is 20.1 Å². The predicted molar refractivity (Wildman–Crippen MR) is 126 cm³/mol. The van der Waals surface area contributed by atoms with Crippen molar-refractivity contribution in [2.45, 2.75) is 26.9 Å². The van der Waals surface area contributed by atoms with E-state index in [0.717, 1.165) is 46.8 Å². The number of nitrogens with zero attached hydrogens (tertiary/aromatic N) is 4. The Morgan fingerprint density at radius 2 is 1.93 bits per heavy atom. The largest absolute Gasteiger partial charge is 0.454 e. The molecule has 0 radical (unpaired) electrons. The third kappa shape index (κ3) is 5.21. The molecule has 2 N–H and O–H groups in total. The summed E-state index contributed by atoms with van der Waals surface area (Å²) < 4.78 is 12.7. The van der Waals surface area contributed by atoms with Crippen LogP contribution in [0.3, 0.4) is 0 Å². The smallest absolute Gasteiger partial charge is 0.231 e. The number of hydrogen-bond donors (Lipinski definition) is 2. The van der Waals surface area contributed by atoms with Gasteiger partial charge in [-0.25, -0.2) is 15.0 Å². The first-order valence-electron chi connectivity index (χ1n) is 9.59. The van der Waals surface area contributed by atoms with E-state index in [0.29, 0.717) is 13.1 Å². The number of benzene rings is 1. The van der Waals surface area contributed by atoms with Gasteiger partial charge in [0.05, 0.1) is 6.54 Å². The molecule has 1 aliphatic rings. The second-order valence-corrected chi connectivity index (χ2v) is 6.61. The van der Waals surface area contributed by atoms with E-state index in [1.165, 1.54) is 0 Å². The maximum atomic E-state index is 5.43. The molecule has 0 spiro atoms. The Bertz CT molecular complexity index is 1000. The molecule has 0 aliphatic carbocycles. The van der Waals surface area contributed by atoms with Crippen LogP contribution in [0.1, 0.15) is 23.9 Å². The van der Waals surface area contributed by atoms with E-state index >= 15 is 0 Å². The number of rotatable bonds is 6. The van der Waals surface area contributed by atoms with E-state index in [1.54, 1.807) is 6.20 Å². The van der Waals surface area contributed by atoms with Gasteiger partial charge in [-0.2, -0.15) is 0 Å². The molecule has 8 nitrogen and oxygen atoms in total. The van der Waals surface area contributed by atoms with Crippen LogP contribution in [-0.2, 0) is 13.1 Å². The van der Waals surface area contributed by atoms with Crippen molar-refractivity contribution in [1.29, 1.82) is 0 Å². The van der Waals surface area contributed by atoms with Gasteiger partial charge in [0, 0.05) is 31.7 Å². The van der Waals surface area contributed by atoms with Crippen molar-refractivity contribution < 1.29 is 9.47 Å². The van der Waals surface area contributed by atoms with Crippen LogP contribution in [0.15, 0.2) is 53.9 Å². The molecule has 9 heteroatoms. The lowest BCUT2D eigenvalue weighted by atomic mass is 10.2. The number of aromatic nitrogens is 3. The van der Waals surface area contributed by atoms with Gasteiger partial charge in [-0.05, 0) is 43.2 Å². The topological polar surface area (TPSA) is 85.6 Å². The number of nitrogens with one attached hydrogen (secondary N) is 2. The Labute approximate surface area is 192 Å². The number of imidazole rings is 1. The number of aryl methyl sites for hydroxylation is 1. The summed E-state index contributed by atoms with van der Waals surface area (Å²) >= 11 is 0. The highest BCUT2D eigenvalue weighted by Crippen LogP contribution is 2.32. The Kier molecular flexibility index (Phi) is 7.50. The summed E-state index contributed by atoms with van der Waals surface area (Å²) in [6.07, 6.45) is 5.52. The fourth-order valence-corrected chi connectivity index (χ4v) is 3.02. The van der Waals surface area contributed by atoms with Crippen molar-refractivity contribution >= 4 is 29.9 Å². The summed E-state index contributed by atoms with van der Waals surface area (Å²) in [7, 11) is 0. The second-order valence-electron chi connectivity index (χ2n) is 6.61. The van der Waals surface area contributed by atoms with Gasteiger partial charge in [-0.1, -0.05) is 12.1 Å². The second kappa shape index (κ2) is 10.3. The van der Waals surface area contributed by atoms with E-state index in [-0.39, 0.29) is 30.8 Å². The first kappa shape index (κ1) is 21.9. The first-order valence-corrected chi connectivity index (χ1v) is 9.59. The molecule has 0 saturated carbocycles. The Morgan fingerprint density at radius 1 is 1.10 bits per heavy atom. The van der Waals surface area contributed by atoms with Crippen LogP contribution in [0.2, 0.25) is 0 Å². The van der Waals surface area contributed by atoms with Crippen LogP contribution >= 0.6 is 24.0 Å². The molecular weight excluding hydrogens is 495 g/mol. The number of ether oxygens (including phenoxy) is 2. The zero-order valence-electron chi connectivity index (χ0n) is 17.0. The van der Waals surface area contributed by atoms with Gasteiger partial charge in [0.25, 0.3) is 0 Å². The zero-order valence-corrected chi connectivity index (χ0v) is 19.3. The Morgan fingerprint density at radius 3 is 2.67 bits per heavy atom. The normalized spacial score (nSPS) is 12.4. The third-order valence-corrected chi connectivity index (χ3v) is 4.54. The van der Waals surface area contributed by atoms with Gasteiger partial charge in [-0.3, -0.25) is 4.57 Å². The Hall–Kier alpha value is -2.82. The molecule has 0 fully saturated rings. The minimum absolute atomic E-state index is 0. The number of hydrogen-bond acceptors (Lipinski definition) is 5. The van der Waals surface area contributed by atoms with Gasteiger partial charge in [0.2, 0.25) is 6.79 Å². The molecule has 2 aromatic heterocycles. The molecular formula is C21H25IN6O2. The lowest BCUT2D eigenvalue weighted by Gasteiger charge is -2.12. The molecule has 1 aliphatic heterocycles. The average molecular weight is 520 g/mol. The maximum Gasteiger partial charge on any atom is 0.231 e. The number of fused-ring (bicyclic) bond motifs is 1. The molecule has 0 amide bonds. The molecule has 0 unspecified atom stereocenters. The van der Waals surface area contributed by atoms with Crippen molar-refractivity contribution in [3.05, 3.63) is 65.9 Å². The van der Waals surface area contributed by atoms with Crippen LogP contribution in [0.25, 0.3) is 5.82 Å². The van der Waals surface area contributed by atoms with Crippen LogP contribution in [0.5, 0.6) is 11.5 Å². The molecule has 1 aromatic carbocycles. The quantitative estimate of drug-likeness (QED) is 0.295. The van der Waals surface area contributed by atoms with Gasteiger partial charge in [0.15, 0.2) is 17.5 Å². The van der Waals surface area contributed by atoms with Crippen LogP contribution in [-0.4, -0.2) is 33.8 Å². The third-order valence-electron chi connectivity index (χ3n) is 4.54. The highest BCUT2D eigenvalue weighted by molar-refractivity contribution is 14.0. The van der Waals surface area contributed by atoms with Crippen molar-refractivity contribution in [2.75, 3.05) is 13.3 Å². The summed E-state index contributed by atoms with van der Waals surface area (Å²) in [6.45, 7) is 6.23. The summed E-state index contributed by atoms with van der Waals surface area (Å²) in [5.74, 6) is 4.08. The summed E-state index contributed by atoms with van der Waals surface area (Å²) in [4.78, 5) is 13.4. The standard InChI is InChI=1S/C21H24N6O2.HI/c1-3-22-21(25-11-16-4-6-18-19(10-16)29-14-28-18)26-13-17-5-7-20(24-12-17)27-9-8-23-15(27)2;/h4-10,12H,3,11,13-14H2,1-2H3,(H2,22,25,26);1H. The maximum absolute atomic E-state index is 5.43. The van der Waals surface area contributed by atoms with E-state index in [2.05, 4.69) is 25.6 Å². The molecule has 158 valence electrons. The van der Waals surface area contributed by atoms with E-state index in [9.17, 15) is 0 Å². The molecule has 0 bridgehead atoms.